The van der Waals surface area contributed by atoms with Crippen molar-refractivity contribution in [3.8, 4) is 5.75 Å². The second kappa shape index (κ2) is 5.93. The first kappa shape index (κ1) is 13.0. The highest BCUT2D eigenvalue weighted by atomic mass is 32.1. The number of nitrogens with zero attached hydrogens (tertiary/aromatic N) is 1. The van der Waals surface area contributed by atoms with E-state index in [2.05, 4.69) is 4.98 Å². The van der Waals surface area contributed by atoms with Gasteiger partial charge in [-0.05, 0) is 25.6 Å². The van der Waals surface area contributed by atoms with Crippen molar-refractivity contribution in [2.75, 3.05) is 6.54 Å². The lowest BCUT2D eigenvalue weighted by Gasteiger charge is -2.12. The Labute approximate surface area is 109 Å². The molecule has 0 radical (unpaired) electrons. The molecular formula is C13H15FN2OS. The van der Waals surface area contributed by atoms with Crippen LogP contribution >= 0.6 is 11.3 Å². The van der Waals surface area contributed by atoms with E-state index in [9.17, 15) is 4.39 Å². The van der Waals surface area contributed by atoms with Crippen molar-refractivity contribution in [1.29, 1.82) is 0 Å². The standard InChI is InChI=1S/C13H15FN2OS/c1-9(13-16-10(6-7-15)8-18-13)17-12-5-3-2-4-11(12)14/h2-5,8-9H,6-7,15H2,1H3. The normalized spacial score (nSPS) is 12.4. The van der Waals surface area contributed by atoms with Crippen LogP contribution in [-0.2, 0) is 6.42 Å². The smallest absolute Gasteiger partial charge is 0.165 e. The van der Waals surface area contributed by atoms with Crippen LogP contribution in [0.5, 0.6) is 5.75 Å². The van der Waals surface area contributed by atoms with Gasteiger partial charge in [0.1, 0.15) is 11.1 Å². The number of benzene rings is 1. The lowest BCUT2D eigenvalue weighted by molar-refractivity contribution is 0.215. The minimum Gasteiger partial charge on any atom is -0.480 e. The number of nitrogens with two attached hydrogens (primary N) is 1. The molecule has 3 nitrogen and oxygen atoms in total. The highest BCUT2D eigenvalue weighted by Crippen LogP contribution is 2.26. The molecule has 2 aromatic rings. The van der Waals surface area contributed by atoms with E-state index < -0.39 is 0 Å². The molecule has 2 N–H and O–H groups in total. The number of rotatable bonds is 5. The van der Waals surface area contributed by atoms with E-state index >= 15 is 0 Å². The van der Waals surface area contributed by atoms with Gasteiger partial charge < -0.3 is 10.5 Å². The zero-order valence-electron chi connectivity index (χ0n) is 10.1. The molecule has 0 aliphatic heterocycles. The fourth-order valence-electron chi connectivity index (χ4n) is 1.55. The summed E-state index contributed by atoms with van der Waals surface area (Å²) in [5.41, 5.74) is 6.43. The van der Waals surface area contributed by atoms with E-state index in [1.807, 2.05) is 12.3 Å². The molecule has 0 saturated heterocycles. The third-order valence-electron chi connectivity index (χ3n) is 2.46. The minimum atomic E-state index is -0.358. The molecule has 2 rings (SSSR count). The Kier molecular flexibility index (Phi) is 4.28. The fourth-order valence-corrected chi connectivity index (χ4v) is 2.39. The molecule has 1 aromatic heterocycles. The number of hydrogen-bond donors (Lipinski definition) is 1. The summed E-state index contributed by atoms with van der Waals surface area (Å²) in [6, 6.07) is 6.37. The summed E-state index contributed by atoms with van der Waals surface area (Å²) >= 11 is 1.51. The van der Waals surface area contributed by atoms with E-state index in [0.717, 1.165) is 17.1 Å². The van der Waals surface area contributed by atoms with Crippen LogP contribution in [0.4, 0.5) is 4.39 Å². The van der Waals surface area contributed by atoms with Crippen molar-refractivity contribution in [1.82, 2.24) is 4.98 Å². The van der Waals surface area contributed by atoms with Crippen LogP contribution in [0.2, 0.25) is 0 Å². The molecular weight excluding hydrogens is 251 g/mol. The van der Waals surface area contributed by atoms with Gasteiger partial charge in [0.05, 0.1) is 5.69 Å². The van der Waals surface area contributed by atoms with Gasteiger partial charge in [0, 0.05) is 11.8 Å². The van der Waals surface area contributed by atoms with Crippen molar-refractivity contribution in [3.63, 3.8) is 0 Å². The van der Waals surface area contributed by atoms with Crippen LogP contribution in [0.15, 0.2) is 29.6 Å². The Morgan fingerprint density at radius 2 is 2.22 bits per heavy atom. The van der Waals surface area contributed by atoms with Crippen LogP contribution in [0.3, 0.4) is 0 Å². The monoisotopic (exact) mass is 266 g/mol. The first-order chi connectivity index (χ1) is 8.70. The van der Waals surface area contributed by atoms with E-state index in [-0.39, 0.29) is 17.7 Å². The average Bonchev–Trinajstić information content (AvgIpc) is 2.81. The Hall–Kier alpha value is -1.46. The van der Waals surface area contributed by atoms with Gasteiger partial charge in [-0.3, -0.25) is 0 Å². The number of thiazole rings is 1. The van der Waals surface area contributed by atoms with Gasteiger partial charge in [0.25, 0.3) is 0 Å². The van der Waals surface area contributed by atoms with Gasteiger partial charge in [-0.25, -0.2) is 9.37 Å². The molecule has 18 heavy (non-hydrogen) atoms. The summed E-state index contributed by atoms with van der Waals surface area (Å²) in [5, 5.41) is 2.80. The Morgan fingerprint density at radius 1 is 1.44 bits per heavy atom. The third kappa shape index (κ3) is 3.05. The molecule has 1 heterocycles. The maximum atomic E-state index is 13.4. The highest BCUT2D eigenvalue weighted by Gasteiger charge is 2.13. The number of hydrogen-bond acceptors (Lipinski definition) is 4. The largest absolute Gasteiger partial charge is 0.480 e. The van der Waals surface area contributed by atoms with Gasteiger partial charge in [0.2, 0.25) is 0 Å². The predicted octanol–water partition coefficient (Wildman–Crippen LogP) is 2.92. The third-order valence-corrected chi connectivity index (χ3v) is 3.51. The highest BCUT2D eigenvalue weighted by molar-refractivity contribution is 7.09. The lowest BCUT2D eigenvalue weighted by atomic mass is 10.3. The Morgan fingerprint density at radius 3 is 2.94 bits per heavy atom. The van der Waals surface area contributed by atoms with Gasteiger partial charge in [-0.15, -0.1) is 11.3 Å². The second-order valence-corrected chi connectivity index (χ2v) is 4.80. The quantitative estimate of drug-likeness (QED) is 0.905. The maximum Gasteiger partial charge on any atom is 0.165 e. The van der Waals surface area contributed by atoms with Crippen molar-refractivity contribution >= 4 is 11.3 Å². The molecule has 0 amide bonds. The van der Waals surface area contributed by atoms with E-state index in [1.165, 1.54) is 17.4 Å². The molecule has 1 atom stereocenters. The van der Waals surface area contributed by atoms with Crippen molar-refractivity contribution in [2.45, 2.75) is 19.4 Å². The molecule has 1 unspecified atom stereocenters. The minimum absolute atomic E-state index is 0.251. The lowest BCUT2D eigenvalue weighted by Crippen LogP contribution is -2.06. The van der Waals surface area contributed by atoms with Gasteiger partial charge in [0.15, 0.2) is 11.6 Å². The summed E-state index contributed by atoms with van der Waals surface area (Å²) in [7, 11) is 0. The molecule has 0 bridgehead atoms. The van der Waals surface area contributed by atoms with E-state index in [4.69, 9.17) is 10.5 Å². The average molecular weight is 266 g/mol. The van der Waals surface area contributed by atoms with E-state index in [1.54, 1.807) is 18.2 Å². The maximum absolute atomic E-state index is 13.4. The Balaban J connectivity index is 2.07. The molecule has 0 aliphatic rings. The van der Waals surface area contributed by atoms with Crippen LogP contribution in [0.1, 0.15) is 23.7 Å². The van der Waals surface area contributed by atoms with Gasteiger partial charge >= 0.3 is 0 Å². The fraction of sp³-hybridized carbons (Fsp3) is 0.308. The van der Waals surface area contributed by atoms with Crippen molar-refractivity contribution in [2.24, 2.45) is 5.73 Å². The summed E-state index contributed by atoms with van der Waals surface area (Å²) in [6.07, 6.45) is 0.488. The first-order valence-electron chi connectivity index (χ1n) is 5.76. The molecule has 1 aromatic carbocycles. The summed E-state index contributed by atoms with van der Waals surface area (Å²) in [6.45, 7) is 2.43. The van der Waals surface area contributed by atoms with E-state index in [0.29, 0.717) is 6.54 Å². The number of para-hydroxylation sites is 1. The van der Waals surface area contributed by atoms with Gasteiger partial charge in [-0.1, -0.05) is 12.1 Å². The number of ether oxygens (including phenoxy) is 1. The Bertz CT molecular complexity index is 515. The van der Waals surface area contributed by atoms with Crippen LogP contribution in [0.25, 0.3) is 0 Å². The molecule has 0 spiro atoms. The summed E-state index contributed by atoms with van der Waals surface area (Å²) in [5.74, 6) is -0.108. The number of aromatic nitrogens is 1. The zero-order valence-corrected chi connectivity index (χ0v) is 10.9. The van der Waals surface area contributed by atoms with Crippen LogP contribution < -0.4 is 10.5 Å². The molecule has 5 heteroatoms. The first-order valence-corrected chi connectivity index (χ1v) is 6.64. The van der Waals surface area contributed by atoms with Crippen LogP contribution in [-0.4, -0.2) is 11.5 Å². The van der Waals surface area contributed by atoms with Crippen LogP contribution in [0, 0.1) is 5.82 Å². The SMILES string of the molecule is CC(Oc1ccccc1F)c1nc(CCN)cs1. The topological polar surface area (TPSA) is 48.1 Å². The number of halogens is 1. The van der Waals surface area contributed by atoms with Crippen molar-refractivity contribution in [3.05, 3.63) is 46.2 Å². The molecule has 0 saturated carbocycles. The van der Waals surface area contributed by atoms with Gasteiger partial charge in [-0.2, -0.15) is 0 Å². The zero-order chi connectivity index (χ0) is 13.0. The second-order valence-electron chi connectivity index (χ2n) is 3.91. The van der Waals surface area contributed by atoms with Crippen molar-refractivity contribution < 1.29 is 9.13 Å². The summed E-state index contributed by atoms with van der Waals surface area (Å²) < 4.78 is 19.0. The predicted molar refractivity (Wildman–Crippen MR) is 70.3 cm³/mol. The molecule has 0 fully saturated rings. The molecule has 96 valence electrons. The molecule has 0 aliphatic carbocycles. The summed E-state index contributed by atoms with van der Waals surface area (Å²) in [4.78, 5) is 4.42.